The summed E-state index contributed by atoms with van der Waals surface area (Å²) < 4.78 is 33.1. The third kappa shape index (κ3) is 5.33. The van der Waals surface area contributed by atoms with E-state index in [-0.39, 0.29) is 29.7 Å². The zero-order valence-electron chi connectivity index (χ0n) is 18.5. The number of hydrogen-bond donors (Lipinski definition) is 0. The van der Waals surface area contributed by atoms with Crippen molar-refractivity contribution in [3.63, 3.8) is 0 Å². The third-order valence-corrected chi connectivity index (χ3v) is 6.43. The predicted molar refractivity (Wildman–Crippen MR) is 114 cm³/mol. The van der Waals surface area contributed by atoms with Crippen molar-refractivity contribution in [3.05, 3.63) is 41.7 Å². The zero-order valence-corrected chi connectivity index (χ0v) is 19.3. The maximum Gasteiger partial charge on any atom is 0.416 e. The fourth-order valence-electron chi connectivity index (χ4n) is 3.02. The van der Waals surface area contributed by atoms with Crippen LogP contribution in [0.5, 0.6) is 0 Å². The SMILES string of the molecule is CCN(CC)C(=O)/C=C1\N(C(=O)OC(C)(C)C)CCN1S(=O)(=O)c1ccc(C)cc1. The van der Waals surface area contributed by atoms with Crippen LogP contribution in [0.15, 0.2) is 41.1 Å². The quantitative estimate of drug-likeness (QED) is 0.661. The molecule has 1 aliphatic rings. The second-order valence-corrected chi connectivity index (χ2v) is 9.90. The lowest BCUT2D eigenvalue weighted by atomic mass is 10.2. The lowest BCUT2D eigenvalue weighted by Crippen LogP contribution is -2.38. The number of likely N-dealkylation sites (N-methyl/N-ethyl adjacent to an activating group) is 1. The average Bonchev–Trinajstić information content (AvgIpc) is 3.06. The van der Waals surface area contributed by atoms with E-state index in [0.29, 0.717) is 13.1 Å². The largest absolute Gasteiger partial charge is 0.443 e. The molecule has 1 aromatic carbocycles. The molecule has 0 aliphatic carbocycles. The number of benzene rings is 1. The normalized spacial score (nSPS) is 16.1. The fraction of sp³-hybridized carbons (Fsp3) is 0.524. The van der Waals surface area contributed by atoms with Crippen LogP contribution in [0.1, 0.15) is 40.2 Å². The van der Waals surface area contributed by atoms with Crippen molar-refractivity contribution in [1.29, 1.82) is 0 Å². The van der Waals surface area contributed by atoms with Gasteiger partial charge < -0.3 is 9.64 Å². The molecule has 0 aromatic heterocycles. The zero-order chi connectivity index (χ0) is 22.7. The number of rotatable bonds is 5. The van der Waals surface area contributed by atoms with Gasteiger partial charge in [0.2, 0.25) is 5.91 Å². The van der Waals surface area contributed by atoms with Gasteiger partial charge in [0, 0.05) is 25.7 Å². The maximum absolute atomic E-state index is 13.3. The minimum absolute atomic E-state index is 0.00160. The molecule has 0 spiro atoms. The molecule has 166 valence electrons. The number of nitrogens with zero attached hydrogens (tertiary/aromatic N) is 3. The minimum atomic E-state index is -3.95. The summed E-state index contributed by atoms with van der Waals surface area (Å²) >= 11 is 0. The van der Waals surface area contributed by atoms with Crippen LogP contribution in [-0.4, -0.2) is 66.3 Å². The number of carbonyl (C=O) groups excluding carboxylic acids is 2. The Hall–Kier alpha value is -2.55. The first-order valence-corrected chi connectivity index (χ1v) is 11.4. The predicted octanol–water partition coefficient (Wildman–Crippen LogP) is 2.95. The Morgan fingerprint density at radius 2 is 1.67 bits per heavy atom. The molecule has 0 N–H and O–H groups in total. The summed E-state index contributed by atoms with van der Waals surface area (Å²) in [4.78, 5) is 28.3. The van der Waals surface area contributed by atoms with Crippen LogP contribution in [0.3, 0.4) is 0 Å². The number of sulfonamides is 1. The maximum atomic E-state index is 13.3. The van der Waals surface area contributed by atoms with Crippen LogP contribution in [-0.2, 0) is 19.6 Å². The van der Waals surface area contributed by atoms with Gasteiger partial charge in [0.25, 0.3) is 10.0 Å². The summed E-state index contributed by atoms with van der Waals surface area (Å²) in [5.74, 6) is -0.365. The van der Waals surface area contributed by atoms with Crippen LogP contribution in [0, 0.1) is 6.92 Å². The Balaban J connectivity index is 2.49. The summed E-state index contributed by atoms with van der Waals surface area (Å²) in [5, 5.41) is 0. The van der Waals surface area contributed by atoms with E-state index in [2.05, 4.69) is 0 Å². The number of amides is 2. The van der Waals surface area contributed by atoms with Crippen LogP contribution in [0.4, 0.5) is 4.79 Å². The Morgan fingerprint density at radius 1 is 1.10 bits per heavy atom. The lowest BCUT2D eigenvalue weighted by molar-refractivity contribution is -0.125. The highest BCUT2D eigenvalue weighted by molar-refractivity contribution is 7.89. The van der Waals surface area contributed by atoms with Crippen LogP contribution >= 0.6 is 0 Å². The van der Waals surface area contributed by atoms with Gasteiger partial charge in [-0.3, -0.25) is 9.69 Å². The molecule has 9 heteroatoms. The Morgan fingerprint density at radius 3 is 2.17 bits per heavy atom. The van der Waals surface area contributed by atoms with Crippen LogP contribution in [0.25, 0.3) is 0 Å². The molecule has 1 fully saturated rings. The van der Waals surface area contributed by atoms with E-state index in [1.807, 2.05) is 20.8 Å². The molecule has 0 unspecified atom stereocenters. The van der Waals surface area contributed by atoms with Gasteiger partial charge >= 0.3 is 6.09 Å². The number of aryl methyl sites for hydroxylation is 1. The second-order valence-electron chi connectivity index (χ2n) is 8.04. The highest BCUT2D eigenvalue weighted by Crippen LogP contribution is 2.29. The summed E-state index contributed by atoms with van der Waals surface area (Å²) in [5.41, 5.74) is 0.173. The average molecular weight is 438 g/mol. The van der Waals surface area contributed by atoms with Gasteiger partial charge in [-0.1, -0.05) is 17.7 Å². The van der Waals surface area contributed by atoms with Gasteiger partial charge in [-0.2, -0.15) is 0 Å². The molecule has 1 aromatic rings. The molecule has 0 saturated carbocycles. The first-order valence-electron chi connectivity index (χ1n) is 10.0. The molecule has 0 atom stereocenters. The van der Waals surface area contributed by atoms with E-state index < -0.39 is 21.7 Å². The second kappa shape index (κ2) is 9.07. The summed E-state index contributed by atoms with van der Waals surface area (Å²) in [7, 11) is -3.95. The Bertz CT molecular complexity index is 913. The summed E-state index contributed by atoms with van der Waals surface area (Å²) in [6, 6.07) is 6.45. The van der Waals surface area contributed by atoms with E-state index in [0.717, 1.165) is 9.87 Å². The smallest absolute Gasteiger partial charge is 0.416 e. The highest BCUT2D eigenvalue weighted by Gasteiger charge is 2.40. The standard InChI is InChI=1S/C21H31N3O5S/c1-7-22(8-2)19(25)15-18-23(20(26)29-21(4,5)6)13-14-24(18)30(27,28)17-11-9-16(3)10-12-17/h9-12,15H,7-8,13-14H2,1-6H3/b18-15+. The molecule has 30 heavy (non-hydrogen) atoms. The van der Waals surface area contributed by atoms with Crippen molar-refractivity contribution in [2.24, 2.45) is 0 Å². The topological polar surface area (TPSA) is 87.2 Å². The van der Waals surface area contributed by atoms with Crippen LogP contribution in [0.2, 0.25) is 0 Å². The van der Waals surface area contributed by atoms with Gasteiger partial charge in [0.05, 0.1) is 11.4 Å². The number of hydrogen-bond acceptors (Lipinski definition) is 5. The molecule has 2 amide bonds. The molecule has 1 saturated heterocycles. The Kier molecular flexibility index (Phi) is 7.18. The monoisotopic (exact) mass is 437 g/mol. The molecule has 2 rings (SSSR count). The molecule has 0 bridgehead atoms. The van der Waals surface area contributed by atoms with Crippen molar-refractivity contribution in [2.75, 3.05) is 26.2 Å². The van der Waals surface area contributed by atoms with Crippen LogP contribution < -0.4 is 0 Å². The van der Waals surface area contributed by atoms with E-state index in [1.54, 1.807) is 37.8 Å². The fourth-order valence-corrected chi connectivity index (χ4v) is 4.48. The molecule has 8 nitrogen and oxygen atoms in total. The molecular weight excluding hydrogens is 406 g/mol. The van der Waals surface area contributed by atoms with E-state index >= 15 is 0 Å². The molecule has 0 radical (unpaired) electrons. The molecular formula is C21H31N3O5S. The number of ether oxygens (including phenoxy) is 1. The van der Waals surface area contributed by atoms with Crippen molar-refractivity contribution < 1.29 is 22.7 Å². The van der Waals surface area contributed by atoms with Gasteiger partial charge in [0.15, 0.2) is 0 Å². The first-order chi connectivity index (χ1) is 13.9. The summed E-state index contributed by atoms with van der Waals surface area (Å²) in [6.45, 7) is 11.8. The van der Waals surface area contributed by atoms with E-state index in [4.69, 9.17) is 4.74 Å². The van der Waals surface area contributed by atoms with Gasteiger partial charge in [0.1, 0.15) is 11.4 Å². The first kappa shape index (κ1) is 23.7. The third-order valence-electron chi connectivity index (χ3n) is 4.61. The van der Waals surface area contributed by atoms with Gasteiger partial charge in [-0.05, 0) is 53.7 Å². The summed E-state index contributed by atoms with van der Waals surface area (Å²) in [6.07, 6.45) is 0.512. The van der Waals surface area contributed by atoms with Crippen molar-refractivity contribution in [2.45, 2.75) is 52.0 Å². The van der Waals surface area contributed by atoms with Crippen molar-refractivity contribution >= 4 is 22.0 Å². The minimum Gasteiger partial charge on any atom is -0.443 e. The van der Waals surface area contributed by atoms with E-state index in [9.17, 15) is 18.0 Å². The van der Waals surface area contributed by atoms with E-state index in [1.165, 1.54) is 23.1 Å². The van der Waals surface area contributed by atoms with Gasteiger partial charge in [-0.25, -0.2) is 17.5 Å². The highest BCUT2D eigenvalue weighted by atomic mass is 32.2. The molecule has 1 aliphatic heterocycles. The van der Waals surface area contributed by atoms with Crippen molar-refractivity contribution in [1.82, 2.24) is 14.1 Å². The lowest BCUT2D eigenvalue weighted by Gasteiger charge is -2.27. The molecule has 1 heterocycles. The van der Waals surface area contributed by atoms with Gasteiger partial charge in [-0.15, -0.1) is 0 Å². The van der Waals surface area contributed by atoms with Crippen molar-refractivity contribution in [3.8, 4) is 0 Å². The Labute approximate surface area is 179 Å². The number of carbonyl (C=O) groups is 2.